The molecule has 0 amide bonds. The van der Waals surface area contributed by atoms with Crippen molar-refractivity contribution in [1.29, 1.82) is 0 Å². The molecule has 1 rings (SSSR count). The van der Waals surface area contributed by atoms with Crippen molar-refractivity contribution in [3.05, 3.63) is 0 Å². The van der Waals surface area contributed by atoms with E-state index in [9.17, 15) is 0 Å². The van der Waals surface area contributed by atoms with Crippen LogP contribution in [0.15, 0.2) is 0 Å². The monoisotopic (exact) mass is 228 g/mol. The summed E-state index contributed by atoms with van der Waals surface area (Å²) in [5.74, 6) is 0. The van der Waals surface area contributed by atoms with Gasteiger partial charge in [-0.1, -0.05) is 26.2 Å². The summed E-state index contributed by atoms with van der Waals surface area (Å²) in [7, 11) is 2.21. The zero-order chi connectivity index (χ0) is 12.0. The van der Waals surface area contributed by atoms with Gasteiger partial charge in [-0.15, -0.1) is 0 Å². The molecule has 1 saturated heterocycles. The molecule has 0 aromatic carbocycles. The molecule has 0 radical (unpaired) electrons. The van der Waals surface area contributed by atoms with Crippen LogP contribution < -0.4 is 5.73 Å². The number of hydrogen-bond acceptors (Lipinski definition) is 3. The minimum atomic E-state index is 0.366. The fourth-order valence-electron chi connectivity index (χ4n) is 2.64. The van der Waals surface area contributed by atoms with Gasteiger partial charge >= 0.3 is 0 Å². The predicted octanol–water partition coefficient (Wildman–Crippen LogP) is 2.00. The Bertz CT molecular complexity index is 187. The Hall–Kier alpha value is -0.120. The average Bonchev–Trinajstić information content (AvgIpc) is 2.70. The van der Waals surface area contributed by atoms with Gasteiger partial charge in [0.1, 0.15) is 0 Å². The van der Waals surface area contributed by atoms with Crippen molar-refractivity contribution in [3.8, 4) is 0 Å². The van der Waals surface area contributed by atoms with Crippen LogP contribution in [0.5, 0.6) is 0 Å². The summed E-state index contributed by atoms with van der Waals surface area (Å²) >= 11 is 0. The van der Waals surface area contributed by atoms with Crippen LogP contribution in [0.3, 0.4) is 0 Å². The number of ether oxygens (including phenoxy) is 1. The molecule has 16 heavy (non-hydrogen) atoms. The van der Waals surface area contributed by atoms with E-state index in [1.165, 1.54) is 25.7 Å². The number of hydrogen-bond donors (Lipinski definition) is 1. The molecule has 1 aliphatic heterocycles. The highest BCUT2D eigenvalue weighted by Gasteiger charge is 2.30. The molecule has 0 aromatic rings. The van der Waals surface area contributed by atoms with Crippen LogP contribution in [-0.2, 0) is 4.74 Å². The van der Waals surface area contributed by atoms with E-state index in [4.69, 9.17) is 10.5 Å². The number of rotatable bonds is 7. The zero-order valence-corrected chi connectivity index (χ0v) is 11.1. The van der Waals surface area contributed by atoms with Crippen molar-refractivity contribution in [2.45, 2.75) is 64.1 Å². The summed E-state index contributed by atoms with van der Waals surface area (Å²) in [6, 6.07) is 1.09. The highest BCUT2D eigenvalue weighted by Crippen LogP contribution is 2.21. The summed E-state index contributed by atoms with van der Waals surface area (Å²) in [4.78, 5) is 2.45. The first-order valence-corrected chi connectivity index (χ1v) is 6.74. The molecule has 2 N–H and O–H groups in total. The third-order valence-corrected chi connectivity index (χ3v) is 3.85. The fourth-order valence-corrected chi connectivity index (χ4v) is 2.64. The Morgan fingerprint density at radius 2 is 2.19 bits per heavy atom. The number of likely N-dealkylation sites (N-methyl/N-ethyl adjacent to an activating group) is 1. The van der Waals surface area contributed by atoms with Gasteiger partial charge in [0.2, 0.25) is 0 Å². The van der Waals surface area contributed by atoms with E-state index in [-0.39, 0.29) is 0 Å². The molecule has 0 aliphatic carbocycles. The summed E-state index contributed by atoms with van der Waals surface area (Å²) in [6.07, 6.45) is 6.65. The van der Waals surface area contributed by atoms with Crippen molar-refractivity contribution in [3.63, 3.8) is 0 Å². The van der Waals surface area contributed by atoms with Crippen molar-refractivity contribution in [1.82, 2.24) is 4.90 Å². The Balaban J connectivity index is 2.38. The fraction of sp³-hybridized carbons (Fsp3) is 1.00. The summed E-state index contributed by atoms with van der Waals surface area (Å²) < 4.78 is 5.62. The van der Waals surface area contributed by atoms with Crippen LogP contribution in [0.1, 0.15) is 46.0 Å². The molecule has 1 heterocycles. The van der Waals surface area contributed by atoms with Gasteiger partial charge in [0.25, 0.3) is 0 Å². The summed E-state index contributed by atoms with van der Waals surface area (Å²) in [5.41, 5.74) is 5.89. The molecule has 3 atom stereocenters. The van der Waals surface area contributed by atoms with E-state index in [2.05, 4.69) is 25.8 Å². The molecule has 0 bridgehead atoms. The van der Waals surface area contributed by atoms with E-state index in [0.29, 0.717) is 18.2 Å². The Morgan fingerprint density at radius 1 is 1.44 bits per heavy atom. The molecule has 3 nitrogen and oxygen atoms in total. The summed E-state index contributed by atoms with van der Waals surface area (Å²) in [5, 5.41) is 0. The van der Waals surface area contributed by atoms with Crippen molar-refractivity contribution >= 4 is 0 Å². The van der Waals surface area contributed by atoms with Crippen molar-refractivity contribution in [2.75, 3.05) is 20.2 Å². The smallest absolute Gasteiger partial charge is 0.0703 e. The standard InChI is InChI=1S/C13H28N2O/c1-4-5-6-7-12(10-14)15(3)13-8-9-16-11(13)2/h11-13H,4-10,14H2,1-3H3. The predicted molar refractivity (Wildman–Crippen MR) is 68.6 cm³/mol. The number of nitrogens with two attached hydrogens (primary N) is 1. The van der Waals surface area contributed by atoms with Gasteiger partial charge in [-0.3, -0.25) is 4.90 Å². The van der Waals surface area contributed by atoms with Crippen LogP contribution in [-0.4, -0.2) is 43.3 Å². The maximum Gasteiger partial charge on any atom is 0.0703 e. The third-order valence-electron chi connectivity index (χ3n) is 3.85. The SMILES string of the molecule is CCCCCC(CN)N(C)C1CCOC1C. The minimum Gasteiger partial charge on any atom is -0.377 e. The lowest BCUT2D eigenvalue weighted by Gasteiger charge is -2.33. The van der Waals surface area contributed by atoms with Gasteiger partial charge in [-0.25, -0.2) is 0 Å². The van der Waals surface area contributed by atoms with Gasteiger partial charge in [-0.2, -0.15) is 0 Å². The van der Waals surface area contributed by atoms with Crippen molar-refractivity contribution in [2.24, 2.45) is 5.73 Å². The van der Waals surface area contributed by atoms with Crippen molar-refractivity contribution < 1.29 is 4.74 Å². The lowest BCUT2D eigenvalue weighted by molar-refractivity contribution is 0.0665. The first-order valence-electron chi connectivity index (χ1n) is 6.74. The second-order valence-electron chi connectivity index (χ2n) is 4.98. The molecule has 3 unspecified atom stereocenters. The van der Waals surface area contributed by atoms with Gasteiger partial charge in [0.05, 0.1) is 6.10 Å². The Morgan fingerprint density at radius 3 is 2.69 bits per heavy atom. The maximum atomic E-state index is 5.89. The van der Waals surface area contributed by atoms with E-state index in [1.807, 2.05) is 0 Å². The minimum absolute atomic E-state index is 0.366. The Kier molecular flexibility index (Phi) is 6.32. The van der Waals surface area contributed by atoms with Crippen LogP contribution in [0.2, 0.25) is 0 Å². The second kappa shape index (κ2) is 7.25. The number of nitrogens with zero attached hydrogens (tertiary/aromatic N) is 1. The lowest BCUT2D eigenvalue weighted by atomic mass is 10.0. The molecular weight excluding hydrogens is 200 g/mol. The van der Waals surface area contributed by atoms with E-state index < -0.39 is 0 Å². The molecule has 0 saturated carbocycles. The molecule has 1 fully saturated rings. The van der Waals surface area contributed by atoms with E-state index in [0.717, 1.165) is 19.6 Å². The molecule has 0 spiro atoms. The summed E-state index contributed by atoms with van der Waals surface area (Å²) in [6.45, 7) is 6.09. The normalized spacial score (nSPS) is 27.6. The van der Waals surface area contributed by atoms with E-state index >= 15 is 0 Å². The second-order valence-corrected chi connectivity index (χ2v) is 4.98. The maximum absolute atomic E-state index is 5.89. The molecular formula is C13H28N2O. The first-order chi connectivity index (χ1) is 7.70. The quantitative estimate of drug-likeness (QED) is 0.677. The van der Waals surface area contributed by atoms with Gasteiger partial charge in [0.15, 0.2) is 0 Å². The average molecular weight is 228 g/mol. The molecule has 1 aliphatic rings. The van der Waals surface area contributed by atoms with Gasteiger partial charge in [0, 0.05) is 25.2 Å². The first kappa shape index (κ1) is 13.9. The molecule has 0 aromatic heterocycles. The molecule has 96 valence electrons. The number of unbranched alkanes of at least 4 members (excludes halogenated alkanes) is 2. The largest absolute Gasteiger partial charge is 0.377 e. The highest BCUT2D eigenvalue weighted by molar-refractivity contribution is 4.84. The topological polar surface area (TPSA) is 38.5 Å². The third kappa shape index (κ3) is 3.72. The van der Waals surface area contributed by atoms with Gasteiger partial charge < -0.3 is 10.5 Å². The van der Waals surface area contributed by atoms with Crippen LogP contribution in [0.4, 0.5) is 0 Å². The highest BCUT2D eigenvalue weighted by atomic mass is 16.5. The van der Waals surface area contributed by atoms with Gasteiger partial charge in [-0.05, 0) is 26.8 Å². The Labute approximate surface area is 100 Å². The molecule has 3 heteroatoms. The van der Waals surface area contributed by atoms with Crippen LogP contribution in [0, 0.1) is 0 Å². The lowest BCUT2D eigenvalue weighted by Crippen LogP contribution is -2.47. The zero-order valence-electron chi connectivity index (χ0n) is 11.1. The van der Waals surface area contributed by atoms with E-state index in [1.54, 1.807) is 0 Å². The van der Waals surface area contributed by atoms with Crippen LogP contribution >= 0.6 is 0 Å². The van der Waals surface area contributed by atoms with Crippen LogP contribution in [0.25, 0.3) is 0 Å².